The van der Waals surface area contributed by atoms with Crippen molar-refractivity contribution in [3.05, 3.63) is 82.5 Å². The average molecular weight is 278 g/mol. The van der Waals surface area contributed by atoms with Gasteiger partial charge in [-0.25, -0.2) is 4.79 Å². The van der Waals surface area contributed by atoms with Crippen LogP contribution in [0.25, 0.3) is 0 Å². The maximum Gasteiger partial charge on any atom is 0.328 e. The lowest BCUT2D eigenvalue weighted by Gasteiger charge is -2.17. The van der Waals surface area contributed by atoms with E-state index in [1.807, 2.05) is 0 Å². The fraction of sp³-hybridized carbons (Fsp3) is 0.211. The topological polar surface area (TPSA) is 37.3 Å². The van der Waals surface area contributed by atoms with E-state index >= 15 is 0 Å². The Hall–Kier alpha value is -2.35. The zero-order valence-electron chi connectivity index (χ0n) is 11.9. The van der Waals surface area contributed by atoms with Crippen LogP contribution in [-0.2, 0) is 4.79 Å². The highest BCUT2D eigenvalue weighted by molar-refractivity contribution is 5.80. The number of carbonyl (C=O) groups is 1. The molecule has 0 fully saturated rings. The summed E-state index contributed by atoms with van der Waals surface area (Å²) in [6.45, 7) is 0. The summed E-state index contributed by atoms with van der Waals surface area (Å²) in [5.41, 5.74) is 6.16. The van der Waals surface area contributed by atoms with E-state index in [0.29, 0.717) is 0 Å². The van der Waals surface area contributed by atoms with E-state index in [4.69, 9.17) is 5.11 Å². The Morgan fingerprint density at radius 1 is 0.905 bits per heavy atom. The number of aliphatic carboxylic acids is 1. The summed E-state index contributed by atoms with van der Waals surface area (Å²) in [5, 5.41) is 8.87. The van der Waals surface area contributed by atoms with Crippen molar-refractivity contribution in [1.82, 2.24) is 0 Å². The van der Waals surface area contributed by atoms with Gasteiger partial charge in [0.25, 0.3) is 0 Å². The Morgan fingerprint density at radius 2 is 1.52 bits per heavy atom. The van der Waals surface area contributed by atoms with E-state index in [-0.39, 0.29) is 0 Å². The number of rotatable bonds is 2. The van der Waals surface area contributed by atoms with Gasteiger partial charge in [0.05, 0.1) is 0 Å². The fourth-order valence-electron chi connectivity index (χ4n) is 2.78. The van der Waals surface area contributed by atoms with Crippen molar-refractivity contribution in [2.45, 2.75) is 25.7 Å². The first-order chi connectivity index (χ1) is 10.2. The summed E-state index contributed by atoms with van der Waals surface area (Å²) in [4.78, 5) is 10.8. The molecule has 4 bridgehead atoms. The molecule has 0 saturated carbocycles. The Morgan fingerprint density at radius 3 is 2.10 bits per heavy atom. The maximum atomic E-state index is 10.8. The first-order valence-corrected chi connectivity index (χ1v) is 7.31. The molecular weight excluding hydrogens is 260 g/mol. The van der Waals surface area contributed by atoms with Gasteiger partial charge in [0.2, 0.25) is 0 Å². The predicted octanol–water partition coefficient (Wildman–Crippen LogP) is 4.42. The highest BCUT2D eigenvalue weighted by Crippen LogP contribution is 2.29. The zero-order chi connectivity index (χ0) is 14.7. The maximum absolute atomic E-state index is 10.8. The monoisotopic (exact) mass is 278 g/mol. The van der Waals surface area contributed by atoms with Crippen molar-refractivity contribution in [2.75, 3.05) is 0 Å². The molecule has 0 aromatic rings. The van der Waals surface area contributed by atoms with Crippen LogP contribution < -0.4 is 0 Å². The summed E-state index contributed by atoms with van der Waals surface area (Å²) in [5.74, 6) is -0.905. The van der Waals surface area contributed by atoms with Crippen LogP contribution in [0.2, 0.25) is 0 Å². The normalized spacial score (nSPS) is 21.0. The molecule has 2 heteroatoms. The molecule has 0 unspecified atom stereocenters. The summed E-state index contributed by atoms with van der Waals surface area (Å²) >= 11 is 0. The largest absolute Gasteiger partial charge is 0.478 e. The van der Waals surface area contributed by atoms with Crippen LogP contribution in [0.4, 0.5) is 0 Å². The molecule has 6 aliphatic rings. The van der Waals surface area contributed by atoms with Gasteiger partial charge in [-0.1, -0.05) is 42.5 Å². The molecule has 0 radical (unpaired) electrons. The molecule has 6 rings (SSSR count). The molecular formula is C19H18O2. The predicted molar refractivity (Wildman–Crippen MR) is 84.8 cm³/mol. The van der Waals surface area contributed by atoms with Crippen LogP contribution in [0.5, 0.6) is 0 Å². The summed E-state index contributed by atoms with van der Waals surface area (Å²) in [6, 6.07) is 0. The van der Waals surface area contributed by atoms with Gasteiger partial charge in [0.1, 0.15) is 0 Å². The van der Waals surface area contributed by atoms with E-state index < -0.39 is 5.97 Å². The first kappa shape index (κ1) is 13.6. The minimum absolute atomic E-state index is 0.905. The smallest absolute Gasteiger partial charge is 0.328 e. The number of carboxylic acids is 1. The van der Waals surface area contributed by atoms with E-state index in [0.717, 1.165) is 31.3 Å². The molecule has 0 amide bonds. The van der Waals surface area contributed by atoms with Gasteiger partial charge in [-0.05, 0) is 59.6 Å². The highest BCUT2D eigenvalue weighted by Gasteiger charge is 2.10. The van der Waals surface area contributed by atoms with Crippen molar-refractivity contribution >= 4 is 5.97 Å². The lowest BCUT2D eigenvalue weighted by atomic mass is 9.89. The Labute approximate surface area is 124 Å². The van der Waals surface area contributed by atoms with E-state index in [2.05, 4.69) is 42.5 Å². The Kier molecular flexibility index (Phi) is 3.87. The van der Waals surface area contributed by atoms with Crippen LogP contribution >= 0.6 is 0 Å². The number of allylic oxidation sites excluding steroid dienone is 13. The summed E-state index contributed by atoms with van der Waals surface area (Å²) < 4.78 is 0. The summed E-state index contributed by atoms with van der Waals surface area (Å²) in [6.07, 6.45) is 22.1. The van der Waals surface area contributed by atoms with Gasteiger partial charge in [-0.2, -0.15) is 0 Å². The van der Waals surface area contributed by atoms with E-state index in [1.165, 1.54) is 28.4 Å². The van der Waals surface area contributed by atoms with Gasteiger partial charge in [0.15, 0.2) is 0 Å². The molecule has 0 aliphatic heterocycles. The van der Waals surface area contributed by atoms with Crippen molar-refractivity contribution in [1.29, 1.82) is 0 Å². The van der Waals surface area contributed by atoms with Crippen LogP contribution in [0.3, 0.4) is 0 Å². The molecule has 0 saturated heterocycles. The molecule has 21 heavy (non-hydrogen) atoms. The lowest BCUT2D eigenvalue weighted by Crippen LogP contribution is -1.98. The minimum atomic E-state index is -0.905. The molecule has 0 aromatic carbocycles. The van der Waals surface area contributed by atoms with Crippen molar-refractivity contribution in [2.24, 2.45) is 0 Å². The van der Waals surface area contributed by atoms with Gasteiger partial charge in [-0.15, -0.1) is 0 Å². The quantitative estimate of drug-likeness (QED) is 0.759. The van der Waals surface area contributed by atoms with Gasteiger partial charge in [-0.3, -0.25) is 0 Å². The van der Waals surface area contributed by atoms with Crippen LogP contribution in [-0.4, -0.2) is 11.1 Å². The summed E-state index contributed by atoms with van der Waals surface area (Å²) in [7, 11) is 0. The SMILES string of the molecule is O=C(O)C=CC1=C2C=CC(=CC=C3C=CC(=C1)CC3)CC2. The molecule has 1 N–H and O–H groups in total. The van der Waals surface area contributed by atoms with Gasteiger partial charge in [0, 0.05) is 6.08 Å². The third kappa shape index (κ3) is 3.40. The van der Waals surface area contributed by atoms with E-state index in [1.54, 1.807) is 6.08 Å². The van der Waals surface area contributed by atoms with Crippen LogP contribution in [0.1, 0.15) is 25.7 Å². The lowest BCUT2D eigenvalue weighted by molar-refractivity contribution is -0.131. The minimum Gasteiger partial charge on any atom is -0.478 e. The highest BCUT2D eigenvalue weighted by atomic mass is 16.4. The van der Waals surface area contributed by atoms with Gasteiger partial charge < -0.3 is 5.11 Å². The molecule has 0 aromatic heterocycles. The zero-order valence-corrected chi connectivity index (χ0v) is 11.9. The van der Waals surface area contributed by atoms with E-state index in [9.17, 15) is 4.79 Å². The average Bonchev–Trinajstić information content (AvgIpc) is 2.49. The third-order valence-electron chi connectivity index (χ3n) is 4.02. The second-order valence-corrected chi connectivity index (χ2v) is 5.52. The molecule has 0 spiro atoms. The molecule has 0 heterocycles. The van der Waals surface area contributed by atoms with Crippen molar-refractivity contribution < 1.29 is 9.90 Å². The second kappa shape index (κ2) is 5.96. The second-order valence-electron chi connectivity index (χ2n) is 5.52. The third-order valence-corrected chi connectivity index (χ3v) is 4.02. The first-order valence-electron chi connectivity index (χ1n) is 7.31. The number of carboxylic acid groups (broad SMARTS) is 1. The molecule has 0 atom stereocenters. The number of hydrogen-bond donors (Lipinski definition) is 1. The van der Waals surface area contributed by atoms with Gasteiger partial charge >= 0.3 is 5.97 Å². The fourth-order valence-corrected chi connectivity index (χ4v) is 2.78. The molecule has 2 nitrogen and oxygen atoms in total. The Bertz CT molecular complexity index is 676. The Balaban J connectivity index is 2.10. The number of hydrogen-bond acceptors (Lipinski definition) is 1. The van der Waals surface area contributed by atoms with Crippen LogP contribution in [0, 0.1) is 0 Å². The van der Waals surface area contributed by atoms with Crippen LogP contribution in [0.15, 0.2) is 82.5 Å². The van der Waals surface area contributed by atoms with Crippen molar-refractivity contribution in [3.63, 3.8) is 0 Å². The molecule has 6 aliphatic carbocycles. The molecule has 106 valence electrons. The standard InChI is InChI=1S/C19H18O2/c20-19(21)12-11-18-13-16-5-3-14(4-6-16)1-2-15-7-9-17(18)10-8-15/h1-3,5,7,9,11-13H,4,6,8,10H2,(H,20,21). The van der Waals surface area contributed by atoms with Crippen molar-refractivity contribution in [3.8, 4) is 0 Å².